The van der Waals surface area contributed by atoms with Gasteiger partial charge in [-0.25, -0.2) is 14.8 Å². The number of fused-ring (bicyclic) bond motifs is 8. The van der Waals surface area contributed by atoms with Gasteiger partial charge in [-0.05, 0) is 80.9 Å². The molecule has 0 atom stereocenters. The summed E-state index contributed by atoms with van der Waals surface area (Å²) in [4.78, 5) is 32.8. The molecule has 2 aliphatic heterocycles. The number of aromatic nitrogens is 4. The van der Waals surface area contributed by atoms with Crippen LogP contribution in [0.25, 0.3) is 90.9 Å². The van der Waals surface area contributed by atoms with Gasteiger partial charge >= 0.3 is 27.0 Å². The van der Waals surface area contributed by atoms with E-state index in [1.54, 1.807) is 12.1 Å². The summed E-state index contributed by atoms with van der Waals surface area (Å²) in [6, 6.07) is 45.6. The van der Waals surface area contributed by atoms with Crippen LogP contribution in [0.4, 0.5) is 0 Å². The van der Waals surface area contributed by atoms with E-state index in [0.717, 1.165) is 89.4 Å². The van der Waals surface area contributed by atoms with E-state index in [0.29, 0.717) is 0 Å². The minimum atomic E-state index is -0.980. The molecule has 3 aromatic heterocycles. The van der Waals surface area contributed by atoms with Crippen LogP contribution < -0.4 is 9.97 Å². The molecule has 7 aromatic rings. The summed E-state index contributed by atoms with van der Waals surface area (Å²) in [5.41, 5.74) is 13.8. The number of hydrogen-bond donors (Lipinski definition) is 1. The Hall–Kier alpha value is -6.36. The van der Waals surface area contributed by atoms with Gasteiger partial charge in [-0.3, -0.25) is 0 Å². The van der Waals surface area contributed by atoms with Crippen molar-refractivity contribution in [3.05, 3.63) is 168 Å². The van der Waals surface area contributed by atoms with Gasteiger partial charge in [-0.2, -0.15) is 0 Å². The van der Waals surface area contributed by atoms with E-state index in [-0.39, 0.29) is 26.6 Å². The first-order valence-electron chi connectivity index (χ1n) is 16.7. The van der Waals surface area contributed by atoms with Crippen LogP contribution in [0.3, 0.4) is 0 Å². The summed E-state index contributed by atoms with van der Waals surface area (Å²) in [6.45, 7) is 0. The Morgan fingerprint density at radius 1 is 0.404 bits per heavy atom. The van der Waals surface area contributed by atoms with Crippen molar-refractivity contribution in [3.8, 4) is 44.5 Å². The fourth-order valence-corrected chi connectivity index (χ4v) is 6.86. The third-order valence-electron chi connectivity index (χ3n) is 9.22. The molecule has 7 heteroatoms. The maximum Gasteiger partial charge on any atom is 2.00 e. The SMILES string of the molecule is O=C(O)c1ccc(-c2c3nc(c(-c4ccccc4)c4ccc([n-]4)c(-c4ccccc4)c4nc(c(-c5ccccc5)c5ccc2[n-]5)C=C4)C=C3)cc1.[Pt+2]. The smallest absolute Gasteiger partial charge is 0.657 e. The summed E-state index contributed by atoms with van der Waals surface area (Å²) in [5.74, 6) is -0.980. The minimum Gasteiger partial charge on any atom is -0.657 e. The van der Waals surface area contributed by atoms with Crippen LogP contribution in [0.15, 0.2) is 140 Å². The zero-order valence-electron chi connectivity index (χ0n) is 27.5. The van der Waals surface area contributed by atoms with Crippen LogP contribution in [0.2, 0.25) is 0 Å². The predicted molar refractivity (Wildman–Crippen MR) is 205 cm³/mol. The van der Waals surface area contributed by atoms with E-state index < -0.39 is 5.97 Å². The van der Waals surface area contributed by atoms with Crippen LogP contribution in [0, 0.1) is 0 Å². The molecule has 0 saturated heterocycles. The number of hydrogen-bond acceptors (Lipinski definition) is 3. The van der Waals surface area contributed by atoms with Crippen LogP contribution in [0.5, 0.6) is 0 Å². The topological polar surface area (TPSA) is 91.3 Å². The molecule has 0 amide bonds. The standard InChI is InChI=1S/C45H29N4O2.Pt/c50-45(51)32-18-16-31(17-19-32)44-39-26-24-37(48-39)42(29-12-6-2-7-13-29)35-22-20-33(46-35)41(28-10-4-1-5-11-28)34-21-23-36(47-34)43(30-14-8-3-9-15-30)38-25-27-40(44)49-38;/h1-27H,(H2-,46,47,48,49,50,51);/q-1;+2/p-1. The molecular formula is C45H28N4O2Pt. The van der Waals surface area contributed by atoms with Gasteiger partial charge in [0.15, 0.2) is 0 Å². The molecule has 0 aliphatic carbocycles. The zero-order chi connectivity index (χ0) is 34.3. The number of carboxylic acids is 1. The van der Waals surface area contributed by atoms with Gasteiger partial charge in [0.25, 0.3) is 0 Å². The maximum absolute atomic E-state index is 11.8. The average molecular weight is 852 g/mol. The van der Waals surface area contributed by atoms with Gasteiger partial charge < -0.3 is 15.1 Å². The summed E-state index contributed by atoms with van der Waals surface area (Å²) >= 11 is 0. The van der Waals surface area contributed by atoms with E-state index in [9.17, 15) is 9.90 Å². The van der Waals surface area contributed by atoms with Gasteiger partial charge in [-0.1, -0.05) is 127 Å². The van der Waals surface area contributed by atoms with E-state index in [1.165, 1.54) is 0 Å². The molecule has 0 fully saturated rings. The van der Waals surface area contributed by atoms with Crippen molar-refractivity contribution in [2.24, 2.45) is 0 Å². The second kappa shape index (κ2) is 13.7. The summed E-state index contributed by atoms with van der Waals surface area (Å²) in [5, 5.41) is 9.63. The first-order valence-corrected chi connectivity index (χ1v) is 16.7. The molecule has 4 aromatic carbocycles. The van der Waals surface area contributed by atoms with E-state index in [4.69, 9.17) is 19.9 Å². The van der Waals surface area contributed by atoms with Crippen molar-refractivity contribution in [1.82, 2.24) is 19.9 Å². The number of aromatic carboxylic acids is 1. The molecule has 52 heavy (non-hydrogen) atoms. The van der Waals surface area contributed by atoms with Crippen LogP contribution in [-0.4, -0.2) is 21.0 Å². The molecule has 250 valence electrons. The number of carboxylic acid groups (broad SMARTS) is 1. The fourth-order valence-electron chi connectivity index (χ4n) is 6.86. The number of rotatable bonds is 5. The predicted octanol–water partition coefficient (Wildman–Crippen LogP) is 10.3. The molecule has 5 heterocycles. The number of benzene rings is 4. The number of nitrogens with zero attached hydrogens (tertiary/aromatic N) is 4. The Bertz CT molecular complexity index is 2660. The molecule has 0 spiro atoms. The quantitative estimate of drug-likeness (QED) is 0.185. The Labute approximate surface area is 314 Å². The first-order chi connectivity index (χ1) is 25.1. The van der Waals surface area contributed by atoms with Gasteiger partial charge in [0.2, 0.25) is 0 Å². The summed E-state index contributed by atoms with van der Waals surface area (Å²) in [6.07, 6.45) is 8.14. The van der Waals surface area contributed by atoms with Crippen molar-refractivity contribution >= 4 is 52.3 Å². The summed E-state index contributed by atoms with van der Waals surface area (Å²) < 4.78 is 0. The van der Waals surface area contributed by atoms with Crippen molar-refractivity contribution in [2.45, 2.75) is 0 Å². The third-order valence-corrected chi connectivity index (χ3v) is 9.22. The molecule has 0 radical (unpaired) electrons. The van der Waals surface area contributed by atoms with Gasteiger partial charge in [0, 0.05) is 0 Å². The third kappa shape index (κ3) is 5.93. The second-order valence-corrected chi connectivity index (χ2v) is 12.3. The van der Waals surface area contributed by atoms with Crippen molar-refractivity contribution in [2.75, 3.05) is 0 Å². The molecule has 9 rings (SSSR count). The van der Waals surface area contributed by atoms with Crippen LogP contribution >= 0.6 is 0 Å². The van der Waals surface area contributed by atoms with E-state index >= 15 is 0 Å². The van der Waals surface area contributed by atoms with Crippen molar-refractivity contribution in [3.63, 3.8) is 0 Å². The second-order valence-electron chi connectivity index (χ2n) is 12.3. The Kier molecular flexibility index (Phi) is 8.68. The van der Waals surface area contributed by atoms with Crippen molar-refractivity contribution in [1.29, 1.82) is 0 Å². The first kappa shape index (κ1) is 32.8. The summed E-state index contributed by atoms with van der Waals surface area (Å²) in [7, 11) is 0. The largest absolute Gasteiger partial charge is 2.00 e. The molecule has 2 aliphatic rings. The molecule has 0 unspecified atom stereocenters. The zero-order valence-corrected chi connectivity index (χ0v) is 29.8. The molecule has 1 N–H and O–H groups in total. The van der Waals surface area contributed by atoms with Crippen LogP contribution in [0.1, 0.15) is 33.1 Å². The minimum absolute atomic E-state index is 0. The molecular weight excluding hydrogens is 824 g/mol. The molecule has 8 bridgehead atoms. The molecule has 0 saturated carbocycles. The Balaban J connectivity index is 0.00000387. The molecule has 6 nitrogen and oxygen atoms in total. The average Bonchev–Trinajstić information content (AvgIpc) is 4.01. The fraction of sp³-hybridized carbons (Fsp3) is 0. The monoisotopic (exact) mass is 851 g/mol. The van der Waals surface area contributed by atoms with Crippen molar-refractivity contribution < 1.29 is 31.0 Å². The number of carbonyl (C=O) groups is 1. The van der Waals surface area contributed by atoms with Gasteiger partial charge in [-0.15, -0.1) is 22.1 Å². The van der Waals surface area contributed by atoms with Gasteiger partial charge in [0.05, 0.1) is 28.3 Å². The van der Waals surface area contributed by atoms with E-state index in [1.807, 2.05) is 91.0 Å². The Morgan fingerprint density at radius 3 is 0.981 bits per heavy atom. The van der Waals surface area contributed by atoms with E-state index in [2.05, 4.69) is 60.7 Å². The maximum atomic E-state index is 11.8. The van der Waals surface area contributed by atoms with Gasteiger partial charge in [0.1, 0.15) is 0 Å². The Morgan fingerprint density at radius 2 is 0.692 bits per heavy atom. The van der Waals surface area contributed by atoms with Crippen LogP contribution in [-0.2, 0) is 21.1 Å². The normalized spacial score (nSPS) is 11.7.